The van der Waals surface area contributed by atoms with Crippen LogP contribution >= 0.6 is 0 Å². The molecule has 0 aliphatic carbocycles. The zero-order valence-corrected chi connectivity index (χ0v) is 23.0. The Hall–Kier alpha value is -5.08. The first-order valence-corrected chi connectivity index (χ1v) is 14.3. The van der Waals surface area contributed by atoms with Crippen LogP contribution in [0.5, 0.6) is 5.75 Å². The van der Waals surface area contributed by atoms with Crippen LogP contribution in [0.15, 0.2) is 152 Å². The Bertz CT molecular complexity index is 2060. The van der Waals surface area contributed by atoms with E-state index >= 15 is 0 Å². The van der Waals surface area contributed by atoms with Crippen LogP contribution in [0.4, 0.5) is 0 Å². The normalized spacial score (nSPS) is 14.3. The molecule has 41 heavy (non-hydrogen) atoms. The van der Waals surface area contributed by atoms with Crippen molar-refractivity contribution >= 4 is 61.1 Å². The van der Waals surface area contributed by atoms with E-state index in [-0.39, 0.29) is 0 Å². The lowest BCUT2D eigenvalue weighted by Crippen LogP contribution is -2.65. The average molecular weight is 524 g/mol. The van der Waals surface area contributed by atoms with Gasteiger partial charge in [0.05, 0.1) is 5.56 Å². The summed E-state index contributed by atoms with van der Waals surface area (Å²) in [5, 5.41) is 7.50. The molecule has 8 rings (SSSR count). The van der Waals surface area contributed by atoms with Gasteiger partial charge in [-0.15, -0.1) is 10.9 Å². The maximum atomic E-state index is 3.71. The van der Waals surface area contributed by atoms with Crippen LogP contribution in [0.1, 0.15) is 11.1 Å². The predicted molar refractivity (Wildman–Crippen MR) is 178 cm³/mol. The van der Waals surface area contributed by atoms with Crippen LogP contribution in [0.3, 0.4) is 0 Å². The van der Waals surface area contributed by atoms with Crippen molar-refractivity contribution in [1.82, 2.24) is 0 Å². The molecular formula is C39H29BO. The standard InChI is InChI=1S/C39H29BO/c1-41-39-17-9-8-16-35(39)27-38(34-19-18-28-10-2-5-13-31(28)24-34)40(41,36-22-20-29-11-3-6-14-32(29)25-36)37-23-21-30-12-4-7-15-33(30)26-37/h2-27H,1H3. The Kier molecular flexibility index (Phi) is 5.36. The molecule has 0 amide bonds. The monoisotopic (exact) mass is 524 g/mol. The zero-order chi connectivity index (χ0) is 27.4. The molecule has 0 fully saturated rings. The first kappa shape index (κ1) is 23.8. The van der Waals surface area contributed by atoms with E-state index in [2.05, 4.69) is 169 Å². The van der Waals surface area contributed by atoms with E-state index in [4.69, 9.17) is 0 Å². The lowest BCUT2D eigenvalue weighted by molar-refractivity contribution is 0.174. The van der Waals surface area contributed by atoms with Crippen LogP contribution in [0.2, 0.25) is 0 Å². The maximum absolute atomic E-state index is 3.71. The summed E-state index contributed by atoms with van der Waals surface area (Å²) in [6, 6.07) is 55.7. The molecule has 7 aromatic carbocycles. The number of fused-ring (bicyclic) bond motifs is 4. The predicted octanol–water partition coefficient (Wildman–Crippen LogP) is 8.89. The van der Waals surface area contributed by atoms with Gasteiger partial charge in [0.2, 0.25) is 5.75 Å². The quantitative estimate of drug-likeness (QED) is 0.160. The second-order valence-corrected chi connectivity index (χ2v) is 11.3. The first-order chi connectivity index (χ1) is 20.2. The van der Waals surface area contributed by atoms with Crippen molar-refractivity contribution in [3.63, 3.8) is 0 Å². The van der Waals surface area contributed by atoms with Crippen LogP contribution in [-0.4, -0.2) is 13.5 Å². The molecule has 0 saturated heterocycles. The van der Waals surface area contributed by atoms with Crippen molar-refractivity contribution in [2.24, 2.45) is 0 Å². The smallest absolute Gasteiger partial charge is 0.414 e. The summed E-state index contributed by atoms with van der Waals surface area (Å²) in [5.41, 5.74) is 6.30. The molecule has 1 heterocycles. The van der Waals surface area contributed by atoms with Crippen molar-refractivity contribution in [2.45, 2.75) is 0 Å². The van der Waals surface area contributed by atoms with E-state index in [9.17, 15) is 0 Å². The van der Waals surface area contributed by atoms with Gasteiger partial charge in [0.15, 0.2) is 0 Å². The molecule has 0 spiro atoms. The lowest BCUT2D eigenvalue weighted by Gasteiger charge is -2.54. The third kappa shape index (κ3) is 3.64. The molecule has 0 saturated carbocycles. The average Bonchev–Trinajstić information content (AvgIpc) is 3.04. The van der Waals surface area contributed by atoms with Crippen molar-refractivity contribution in [2.75, 3.05) is 7.11 Å². The highest BCUT2D eigenvalue weighted by molar-refractivity contribution is 7.12. The van der Waals surface area contributed by atoms with Crippen molar-refractivity contribution in [3.05, 3.63) is 163 Å². The van der Waals surface area contributed by atoms with Gasteiger partial charge >= 0.3 is 6.35 Å². The molecule has 2 heteroatoms. The Balaban J connectivity index is 1.51. The van der Waals surface area contributed by atoms with Gasteiger partial charge in [0.1, 0.15) is 7.11 Å². The summed E-state index contributed by atoms with van der Waals surface area (Å²) in [6.45, 7) is 0. The van der Waals surface area contributed by atoms with Crippen molar-refractivity contribution < 1.29 is 4.28 Å². The summed E-state index contributed by atoms with van der Waals surface area (Å²) in [7, 11) is 2.21. The SMILES string of the molecule is C[O+]1c2ccccc2C=C(c2ccc3ccccc3c2)[B-]1(c1ccc2ccccc2c1)c1ccc2ccccc2c1. The van der Waals surface area contributed by atoms with Crippen molar-refractivity contribution in [3.8, 4) is 5.75 Å². The molecule has 0 aromatic heterocycles. The highest BCUT2D eigenvalue weighted by atomic mass is 16.6. The molecule has 1 nitrogen and oxygen atoms in total. The third-order valence-electron chi connectivity index (χ3n) is 9.11. The summed E-state index contributed by atoms with van der Waals surface area (Å²) in [4.78, 5) is 0. The fourth-order valence-electron chi connectivity index (χ4n) is 7.13. The minimum Gasteiger partial charge on any atom is -0.810 e. The molecule has 0 N–H and O–H groups in total. The molecule has 0 atom stereocenters. The minimum atomic E-state index is -1.65. The molecule has 1 aliphatic heterocycles. The van der Waals surface area contributed by atoms with Gasteiger partial charge in [0.25, 0.3) is 0 Å². The molecular weight excluding hydrogens is 495 g/mol. The number of hydrogen-bond acceptors (Lipinski definition) is 0. The van der Waals surface area contributed by atoms with Crippen LogP contribution in [-0.2, 0) is 4.28 Å². The molecule has 7 aromatic rings. The highest BCUT2D eigenvalue weighted by Crippen LogP contribution is 2.46. The molecule has 1 aliphatic rings. The van der Waals surface area contributed by atoms with E-state index in [1.165, 1.54) is 65.6 Å². The van der Waals surface area contributed by atoms with Gasteiger partial charge in [-0.3, -0.25) is 0 Å². The summed E-state index contributed by atoms with van der Waals surface area (Å²) in [6.07, 6.45) is 0.779. The topological polar surface area (TPSA) is 2.70 Å². The van der Waals surface area contributed by atoms with E-state index in [1.807, 2.05) is 0 Å². The maximum Gasteiger partial charge on any atom is 0.414 e. The number of para-hydroxylation sites is 1. The van der Waals surface area contributed by atoms with Gasteiger partial charge in [-0.2, -0.15) is 0 Å². The van der Waals surface area contributed by atoms with Crippen LogP contribution < -0.4 is 10.9 Å². The Labute approximate surface area is 240 Å². The third-order valence-corrected chi connectivity index (χ3v) is 9.11. The van der Waals surface area contributed by atoms with E-state index < -0.39 is 6.35 Å². The second-order valence-electron chi connectivity index (χ2n) is 11.3. The summed E-state index contributed by atoms with van der Waals surface area (Å²) < 4.78 is 3.71. The fraction of sp³-hybridized carbons (Fsp3) is 0.0256. The van der Waals surface area contributed by atoms with E-state index in [0.717, 1.165) is 0 Å². The Morgan fingerprint density at radius 3 is 1.49 bits per heavy atom. The van der Waals surface area contributed by atoms with Gasteiger partial charge in [-0.05, 0) is 44.5 Å². The van der Waals surface area contributed by atoms with E-state index in [0.29, 0.717) is 0 Å². The lowest BCUT2D eigenvalue weighted by atomic mass is 9.25. The largest absolute Gasteiger partial charge is 0.810 e. The number of hydrogen-bond donors (Lipinski definition) is 0. The fourth-order valence-corrected chi connectivity index (χ4v) is 7.13. The molecule has 0 bridgehead atoms. The van der Waals surface area contributed by atoms with Gasteiger partial charge < -0.3 is 4.28 Å². The Morgan fingerprint density at radius 1 is 0.439 bits per heavy atom. The zero-order valence-electron chi connectivity index (χ0n) is 23.0. The van der Waals surface area contributed by atoms with E-state index in [1.54, 1.807) is 0 Å². The van der Waals surface area contributed by atoms with Gasteiger partial charge in [-0.1, -0.05) is 151 Å². The van der Waals surface area contributed by atoms with Gasteiger partial charge in [-0.25, -0.2) is 0 Å². The summed E-state index contributed by atoms with van der Waals surface area (Å²) in [5.74, 6) is 1.17. The van der Waals surface area contributed by atoms with Crippen LogP contribution in [0, 0.1) is 0 Å². The molecule has 0 unspecified atom stereocenters. The molecule has 194 valence electrons. The number of rotatable bonds is 3. The minimum absolute atomic E-state index is 1.17. The summed E-state index contributed by atoms with van der Waals surface area (Å²) >= 11 is 0. The van der Waals surface area contributed by atoms with Crippen molar-refractivity contribution in [1.29, 1.82) is 0 Å². The number of benzene rings is 7. The first-order valence-electron chi connectivity index (χ1n) is 14.3. The van der Waals surface area contributed by atoms with Gasteiger partial charge in [0, 0.05) is 6.07 Å². The highest BCUT2D eigenvalue weighted by Gasteiger charge is 2.49. The second kappa shape index (κ2) is 9.25. The Morgan fingerprint density at radius 2 is 0.902 bits per heavy atom. The van der Waals surface area contributed by atoms with Crippen LogP contribution in [0.25, 0.3) is 43.9 Å². The molecule has 0 radical (unpaired) electrons.